The van der Waals surface area contributed by atoms with Crippen LogP contribution in [0.15, 0.2) is 65.3 Å². The minimum atomic E-state index is -4.72. The smallest absolute Gasteiger partial charge is 0.450 e. The van der Waals surface area contributed by atoms with Crippen LogP contribution in [-0.2, 0) is 6.18 Å². The molecule has 4 aromatic rings. The van der Waals surface area contributed by atoms with Gasteiger partial charge in [-0.25, -0.2) is 9.97 Å². The van der Waals surface area contributed by atoms with Crippen LogP contribution < -0.4 is 5.32 Å². The molecule has 0 saturated carbocycles. The number of amides is 1. The van der Waals surface area contributed by atoms with Crippen LogP contribution in [0.2, 0.25) is 0 Å². The Morgan fingerprint density at radius 3 is 2.57 bits per heavy atom. The first-order valence-electron chi connectivity index (χ1n) is 8.54. The molecule has 0 aliphatic heterocycles. The van der Waals surface area contributed by atoms with E-state index >= 15 is 0 Å². The normalized spacial score (nSPS) is 11.6. The molecule has 4 rings (SSSR count). The molecule has 0 unspecified atom stereocenters. The molecule has 2 aromatic heterocycles. The van der Waals surface area contributed by atoms with Gasteiger partial charge in [-0.3, -0.25) is 9.36 Å². The second kappa shape index (κ2) is 7.45. The molecule has 0 saturated heterocycles. The van der Waals surface area contributed by atoms with Crippen LogP contribution in [0.3, 0.4) is 0 Å². The minimum Gasteiger partial charge on any atom is -0.508 e. The first-order valence-corrected chi connectivity index (χ1v) is 9.34. The number of alkyl halides is 3. The molecular weight excluding hydrogens is 465 g/mol. The minimum absolute atomic E-state index is 0.00522. The molecule has 0 spiro atoms. The summed E-state index contributed by atoms with van der Waals surface area (Å²) in [5, 5.41) is 12.1. The van der Waals surface area contributed by atoms with Gasteiger partial charge in [0, 0.05) is 16.1 Å². The van der Waals surface area contributed by atoms with Crippen molar-refractivity contribution in [2.75, 3.05) is 5.32 Å². The number of fused-ring (bicyclic) bond motifs is 1. The summed E-state index contributed by atoms with van der Waals surface area (Å²) in [6.07, 6.45) is -3.51. The molecule has 1 amide bonds. The molecule has 152 valence electrons. The third-order valence-electron chi connectivity index (χ3n) is 4.23. The molecule has 0 bridgehead atoms. The van der Waals surface area contributed by atoms with Crippen molar-refractivity contribution in [1.29, 1.82) is 0 Å². The van der Waals surface area contributed by atoms with Crippen LogP contribution in [0.1, 0.15) is 16.2 Å². The average Bonchev–Trinajstić information content (AvgIpc) is 3.07. The molecule has 6 nitrogen and oxygen atoms in total. The van der Waals surface area contributed by atoms with Gasteiger partial charge in [0.05, 0.1) is 22.9 Å². The number of phenols is 1. The Morgan fingerprint density at radius 1 is 1.10 bits per heavy atom. The fourth-order valence-corrected chi connectivity index (χ4v) is 3.33. The van der Waals surface area contributed by atoms with Crippen LogP contribution in [0.4, 0.5) is 19.0 Å². The number of rotatable bonds is 3. The van der Waals surface area contributed by atoms with Gasteiger partial charge in [0.2, 0.25) is 5.82 Å². The first kappa shape index (κ1) is 19.9. The van der Waals surface area contributed by atoms with Crippen molar-refractivity contribution in [3.05, 3.63) is 76.7 Å². The molecule has 0 aliphatic rings. The van der Waals surface area contributed by atoms with Gasteiger partial charge in [-0.05, 0) is 42.5 Å². The molecular formula is C20H12BrF3N4O2. The van der Waals surface area contributed by atoms with E-state index in [1.165, 1.54) is 30.5 Å². The van der Waals surface area contributed by atoms with Crippen molar-refractivity contribution < 1.29 is 23.1 Å². The maximum atomic E-state index is 13.5. The molecule has 0 radical (unpaired) electrons. The van der Waals surface area contributed by atoms with E-state index in [0.29, 0.717) is 5.56 Å². The molecule has 10 heteroatoms. The maximum absolute atomic E-state index is 13.5. The fraction of sp³-hybridized carbons (Fsp3) is 0.0500. The summed E-state index contributed by atoms with van der Waals surface area (Å²) in [6, 6.07) is 13.3. The number of aromatic nitrogens is 3. The Morgan fingerprint density at radius 2 is 1.90 bits per heavy atom. The highest BCUT2D eigenvalue weighted by atomic mass is 79.9. The van der Waals surface area contributed by atoms with E-state index in [1.54, 1.807) is 24.3 Å². The summed E-state index contributed by atoms with van der Waals surface area (Å²) >= 11 is 3.28. The summed E-state index contributed by atoms with van der Waals surface area (Å²) in [7, 11) is 0. The number of hydrogen-bond donors (Lipinski definition) is 2. The zero-order valence-corrected chi connectivity index (χ0v) is 16.6. The highest BCUT2D eigenvalue weighted by Gasteiger charge is 2.38. The lowest BCUT2D eigenvalue weighted by atomic mass is 10.2. The highest BCUT2D eigenvalue weighted by Crippen LogP contribution is 2.34. The number of pyridine rings is 1. The second-order valence-corrected chi connectivity index (χ2v) is 7.22. The van der Waals surface area contributed by atoms with Crippen molar-refractivity contribution in [2.45, 2.75) is 6.18 Å². The van der Waals surface area contributed by atoms with Gasteiger partial charge in [0.1, 0.15) is 11.6 Å². The lowest BCUT2D eigenvalue weighted by molar-refractivity contribution is -0.145. The first-order chi connectivity index (χ1) is 14.2. The third-order valence-corrected chi connectivity index (χ3v) is 4.72. The topological polar surface area (TPSA) is 80.0 Å². The van der Waals surface area contributed by atoms with Crippen molar-refractivity contribution in [2.24, 2.45) is 0 Å². The monoisotopic (exact) mass is 476 g/mol. The van der Waals surface area contributed by atoms with E-state index in [-0.39, 0.29) is 28.3 Å². The lowest BCUT2D eigenvalue weighted by Crippen LogP contribution is -2.15. The molecule has 0 aliphatic carbocycles. The highest BCUT2D eigenvalue weighted by molar-refractivity contribution is 9.10. The largest absolute Gasteiger partial charge is 0.508 e. The van der Waals surface area contributed by atoms with E-state index in [2.05, 4.69) is 31.2 Å². The van der Waals surface area contributed by atoms with E-state index < -0.39 is 17.9 Å². The lowest BCUT2D eigenvalue weighted by Gasteiger charge is -2.12. The van der Waals surface area contributed by atoms with Gasteiger partial charge >= 0.3 is 6.18 Å². The van der Waals surface area contributed by atoms with Crippen molar-refractivity contribution in [3.63, 3.8) is 0 Å². The van der Waals surface area contributed by atoms with Gasteiger partial charge in [-0.1, -0.05) is 22.0 Å². The Kier molecular flexibility index (Phi) is 4.94. The number of imidazole rings is 1. The molecule has 30 heavy (non-hydrogen) atoms. The Balaban J connectivity index is 1.69. The van der Waals surface area contributed by atoms with Crippen molar-refractivity contribution >= 4 is 38.7 Å². The zero-order chi connectivity index (χ0) is 21.5. The zero-order valence-electron chi connectivity index (χ0n) is 15.0. The number of carbonyl (C=O) groups is 1. The standard InChI is InChI=1S/C20H12BrF3N4O2/c21-12-3-1-2-11(8-12)18(30)27-17-7-4-13(10-25-17)28-16-6-5-14(29)9-15(16)26-19(28)20(22,23)24/h1-10,29H,(H,25,27,30). The predicted octanol–water partition coefficient (Wildman–Crippen LogP) is 5.16. The van der Waals surface area contributed by atoms with Crippen molar-refractivity contribution in [1.82, 2.24) is 14.5 Å². The number of carbonyl (C=O) groups excluding carboxylic acids is 1. The summed E-state index contributed by atoms with van der Waals surface area (Å²) in [5.41, 5.74) is 0.660. The van der Waals surface area contributed by atoms with E-state index in [0.717, 1.165) is 15.1 Å². The van der Waals surface area contributed by atoms with Crippen LogP contribution >= 0.6 is 15.9 Å². The van der Waals surface area contributed by atoms with Gasteiger partial charge < -0.3 is 10.4 Å². The van der Waals surface area contributed by atoms with Crippen LogP contribution in [0.5, 0.6) is 5.75 Å². The Hall–Kier alpha value is -3.40. The summed E-state index contributed by atoms with van der Waals surface area (Å²) < 4.78 is 42.2. The van der Waals surface area contributed by atoms with E-state index in [9.17, 15) is 23.1 Å². The molecule has 0 atom stereocenters. The van der Waals surface area contributed by atoms with Gasteiger partial charge in [0.25, 0.3) is 5.91 Å². The van der Waals surface area contributed by atoms with E-state index in [1.807, 2.05) is 0 Å². The Bertz CT molecular complexity index is 1250. The molecule has 2 heterocycles. The van der Waals surface area contributed by atoms with Gasteiger partial charge in [-0.2, -0.15) is 13.2 Å². The number of nitrogens with one attached hydrogen (secondary N) is 1. The number of halogens is 4. The summed E-state index contributed by atoms with van der Waals surface area (Å²) in [5.74, 6) is -1.56. The number of benzene rings is 2. The van der Waals surface area contributed by atoms with Crippen LogP contribution in [-0.4, -0.2) is 25.5 Å². The van der Waals surface area contributed by atoms with Crippen molar-refractivity contribution in [3.8, 4) is 11.4 Å². The Labute approximate surface area is 176 Å². The number of nitrogens with zero attached hydrogens (tertiary/aromatic N) is 3. The maximum Gasteiger partial charge on any atom is 0.450 e. The van der Waals surface area contributed by atoms with Gasteiger partial charge in [0.15, 0.2) is 0 Å². The molecule has 0 fully saturated rings. The predicted molar refractivity (Wildman–Crippen MR) is 108 cm³/mol. The van der Waals surface area contributed by atoms with Crippen LogP contribution in [0, 0.1) is 0 Å². The number of anilines is 1. The SMILES string of the molecule is O=C(Nc1ccc(-n2c(C(F)(F)F)nc3cc(O)ccc32)cn1)c1cccc(Br)c1. The third kappa shape index (κ3) is 3.86. The quantitative estimate of drug-likeness (QED) is 0.428. The number of phenolic OH excluding ortho intramolecular Hbond substituents is 1. The summed E-state index contributed by atoms with van der Waals surface area (Å²) in [6.45, 7) is 0. The molecule has 2 aromatic carbocycles. The van der Waals surface area contributed by atoms with Crippen LogP contribution in [0.25, 0.3) is 16.7 Å². The summed E-state index contributed by atoms with van der Waals surface area (Å²) in [4.78, 5) is 20.0. The number of aromatic hydroxyl groups is 1. The van der Waals surface area contributed by atoms with E-state index in [4.69, 9.17) is 0 Å². The average molecular weight is 477 g/mol. The number of hydrogen-bond acceptors (Lipinski definition) is 4. The van der Waals surface area contributed by atoms with Gasteiger partial charge in [-0.15, -0.1) is 0 Å². The second-order valence-electron chi connectivity index (χ2n) is 6.31. The fourth-order valence-electron chi connectivity index (χ4n) is 2.93. The molecule has 2 N–H and O–H groups in total.